The number of amides is 2. The van der Waals surface area contributed by atoms with Gasteiger partial charge in [0.1, 0.15) is 23.4 Å². The van der Waals surface area contributed by atoms with Gasteiger partial charge >= 0.3 is 0 Å². The SMILES string of the molecule is Cn1ccnc1[C@@H](NC(=O)c1ccc2c(c1)OCC(=O)N2)c1cccc(F)c1. The van der Waals surface area contributed by atoms with Crippen LogP contribution in [0.1, 0.15) is 27.8 Å². The Kier molecular flexibility index (Phi) is 4.52. The topological polar surface area (TPSA) is 85.2 Å². The molecule has 28 heavy (non-hydrogen) atoms. The van der Waals surface area contributed by atoms with E-state index in [1.54, 1.807) is 54.3 Å². The van der Waals surface area contributed by atoms with Crippen LogP contribution in [-0.2, 0) is 11.8 Å². The third-order valence-corrected chi connectivity index (χ3v) is 4.45. The van der Waals surface area contributed by atoms with Gasteiger partial charge in [0.25, 0.3) is 11.8 Å². The zero-order chi connectivity index (χ0) is 19.7. The summed E-state index contributed by atoms with van der Waals surface area (Å²) in [5, 5.41) is 5.58. The fraction of sp³-hybridized carbons (Fsp3) is 0.150. The summed E-state index contributed by atoms with van der Waals surface area (Å²) in [6.45, 7) is -0.0999. The van der Waals surface area contributed by atoms with Crippen LogP contribution in [-0.4, -0.2) is 28.0 Å². The van der Waals surface area contributed by atoms with Crippen molar-refractivity contribution in [2.45, 2.75) is 6.04 Å². The number of carbonyl (C=O) groups is 2. The first-order valence-corrected chi connectivity index (χ1v) is 8.61. The van der Waals surface area contributed by atoms with E-state index in [-0.39, 0.29) is 18.4 Å². The molecule has 2 aromatic carbocycles. The zero-order valence-corrected chi connectivity index (χ0v) is 15.0. The number of rotatable bonds is 4. The van der Waals surface area contributed by atoms with Crippen molar-refractivity contribution >= 4 is 17.5 Å². The summed E-state index contributed by atoms with van der Waals surface area (Å²) in [4.78, 5) is 28.6. The first-order chi connectivity index (χ1) is 13.5. The molecule has 0 bridgehead atoms. The maximum Gasteiger partial charge on any atom is 0.262 e. The van der Waals surface area contributed by atoms with Crippen molar-refractivity contribution in [1.29, 1.82) is 0 Å². The van der Waals surface area contributed by atoms with Crippen LogP contribution in [0.2, 0.25) is 0 Å². The van der Waals surface area contributed by atoms with E-state index >= 15 is 0 Å². The number of nitrogens with zero attached hydrogens (tertiary/aromatic N) is 2. The Hall–Kier alpha value is -3.68. The molecule has 0 radical (unpaired) electrons. The summed E-state index contributed by atoms with van der Waals surface area (Å²) < 4.78 is 20.9. The maximum atomic E-state index is 13.8. The molecular formula is C20H17FN4O3. The van der Waals surface area contributed by atoms with Crippen molar-refractivity contribution in [2.75, 3.05) is 11.9 Å². The molecule has 0 spiro atoms. The number of benzene rings is 2. The van der Waals surface area contributed by atoms with Crippen LogP contribution in [0.3, 0.4) is 0 Å². The highest BCUT2D eigenvalue weighted by molar-refractivity contribution is 5.99. The molecule has 2 amide bonds. The lowest BCUT2D eigenvalue weighted by Gasteiger charge is -2.21. The van der Waals surface area contributed by atoms with Crippen molar-refractivity contribution in [3.05, 3.63) is 77.6 Å². The Bertz CT molecular complexity index is 1060. The van der Waals surface area contributed by atoms with E-state index in [1.165, 1.54) is 12.1 Å². The Morgan fingerprint density at radius 1 is 1.32 bits per heavy atom. The predicted octanol–water partition coefficient (Wildman–Crippen LogP) is 2.41. The van der Waals surface area contributed by atoms with Crippen LogP contribution in [0.25, 0.3) is 0 Å². The van der Waals surface area contributed by atoms with Gasteiger partial charge in [-0.25, -0.2) is 9.37 Å². The Morgan fingerprint density at radius 2 is 2.18 bits per heavy atom. The second-order valence-electron chi connectivity index (χ2n) is 6.41. The molecule has 0 fully saturated rings. The summed E-state index contributed by atoms with van der Waals surface area (Å²) in [7, 11) is 1.80. The number of ether oxygens (including phenoxy) is 1. The molecule has 1 aliphatic rings. The number of halogens is 1. The number of hydrogen-bond acceptors (Lipinski definition) is 4. The van der Waals surface area contributed by atoms with Gasteiger partial charge in [-0.05, 0) is 35.9 Å². The minimum absolute atomic E-state index is 0.0999. The van der Waals surface area contributed by atoms with Crippen molar-refractivity contribution in [2.24, 2.45) is 7.05 Å². The average molecular weight is 380 g/mol. The fourth-order valence-electron chi connectivity index (χ4n) is 3.07. The number of anilines is 1. The number of fused-ring (bicyclic) bond motifs is 1. The normalized spacial score (nSPS) is 13.9. The second kappa shape index (κ2) is 7.15. The van der Waals surface area contributed by atoms with E-state index in [9.17, 15) is 14.0 Å². The van der Waals surface area contributed by atoms with E-state index in [0.29, 0.717) is 28.4 Å². The van der Waals surface area contributed by atoms with Crippen molar-refractivity contribution < 1.29 is 18.7 Å². The van der Waals surface area contributed by atoms with Gasteiger partial charge in [-0.3, -0.25) is 9.59 Å². The Labute approximate surface area is 160 Å². The second-order valence-corrected chi connectivity index (χ2v) is 6.41. The van der Waals surface area contributed by atoms with Crippen LogP contribution in [0, 0.1) is 5.82 Å². The van der Waals surface area contributed by atoms with Gasteiger partial charge in [0.2, 0.25) is 0 Å². The number of aromatic nitrogens is 2. The Balaban J connectivity index is 1.65. The van der Waals surface area contributed by atoms with Crippen molar-refractivity contribution in [3.63, 3.8) is 0 Å². The highest BCUT2D eigenvalue weighted by atomic mass is 19.1. The molecule has 2 N–H and O–H groups in total. The molecular weight excluding hydrogens is 363 g/mol. The van der Waals surface area contributed by atoms with Gasteiger partial charge in [-0.15, -0.1) is 0 Å². The molecule has 0 aliphatic carbocycles. The predicted molar refractivity (Wildman–Crippen MR) is 99.5 cm³/mol. The molecule has 2 heterocycles. The van der Waals surface area contributed by atoms with E-state index in [1.807, 2.05) is 0 Å². The van der Waals surface area contributed by atoms with Gasteiger partial charge in [-0.2, -0.15) is 0 Å². The highest BCUT2D eigenvalue weighted by Gasteiger charge is 2.23. The number of carbonyl (C=O) groups excluding carboxylic acids is 2. The molecule has 0 unspecified atom stereocenters. The standard InChI is InChI=1S/C20H17FN4O3/c1-25-8-7-22-19(25)18(12-3-2-4-14(21)9-12)24-20(27)13-5-6-15-16(10-13)28-11-17(26)23-15/h2-10,18H,11H2,1H3,(H,23,26)(H,24,27)/t18-/m0/s1. The number of hydrogen-bond donors (Lipinski definition) is 2. The summed E-state index contributed by atoms with van der Waals surface area (Å²) in [5.41, 5.74) is 1.44. The maximum absolute atomic E-state index is 13.8. The molecule has 4 rings (SSSR count). The van der Waals surface area contributed by atoms with Gasteiger partial charge in [0, 0.05) is 25.0 Å². The average Bonchev–Trinajstić information content (AvgIpc) is 3.11. The quantitative estimate of drug-likeness (QED) is 0.728. The van der Waals surface area contributed by atoms with E-state index in [4.69, 9.17) is 4.74 Å². The van der Waals surface area contributed by atoms with E-state index in [2.05, 4.69) is 15.6 Å². The van der Waals surface area contributed by atoms with Gasteiger partial charge < -0.3 is 19.9 Å². The summed E-state index contributed by atoms with van der Waals surface area (Å²) in [5.74, 6) is -0.0259. The largest absolute Gasteiger partial charge is 0.482 e. The third-order valence-electron chi connectivity index (χ3n) is 4.45. The smallest absolute Gasteiger partial charge is 0.262 e. The third kappa shape index (κ3) is 3.44. The molecule has 0 saturated carbocycles. The lowest BCUT2D eigenvalue weighted by atomic mass is 10.0. The molecule has 1 aromatic heterocycles. The van der Waals surface area contributed by atoms with Crippen LogP contribution in [0.4, 0.5) is 10.1 Å². The fourth-order valence-corrected chi connectivity index (χ4v) is 3.07. The van der Waals surface area contributed by atoms with Crippen LogP contribution < -0.4 is 15.4 Å². The lowest BCUT2D eigenvalue weighted by molar-refractivity contribution is -0.118. The lowest BCUT2D eigenvalue weighted by Crippen LogP contribution is -2.31. The van der Waals surface area contributed by atoms with E-state index < -0.39 is 11.9 Å². The summed E-state index contributed by atoms with van der Waals surface area (Å²) in [6.07, 6.45) is 3.37. The molecule has 7 nitrogen and oxygen atoms in total. The molecule has 8 heteroatoms. The molecule has 1 atom stereocenters. The minimum Gasteiger partial charge on any atom is -0.482 e. The first kappa shape index (κ1) is 17.7. The zero-order valence-electron chi connectivity index (χ0n) is 15.0. The summed E-state index contributed by atoms with van der Waals surface area (Å²) >= 11 is 0. The minimum atomic E-state index is -0.639. The number of imidazole rings is 1. The molecule has 1 aliphatic heterocycles. The van der Waals surface area contributed by atoms with Crippen LogP contribution in [0.15, 0.2) is 54.9 Å². The van der Waals surface area contributed by atoms with Crippen molar-refractivity contribution in [3.8, 4) is 5.75 Å². The van der Waals surface area contributed by atoms with Crippen molar-refractivity contribution in [1.82, 2.24) is 14.9 Å². The van der Waals surface area contributed by atoms with Gasteiger partial charge in [0.05, 0.1) is 5.69 Å². The summed E-state index contributed by atoms with van der Waals surface area (Å²) in [6, 6.07) is 10.1. The van der Waals surface area contributed by atoms with Crippen LogP contribution in [0.5, 0.6) is 5.75 Å². The first-order valence-electron chi connectivity index (χ1n) is 8.61. The van der Waals surface area contributed by atoms with Crippen LogP contribution >= 0.6 is 0 Å². The molecule has 3 aromatic rings. The monoisotopic (exact) mass is 380 g/mol. The highest BCUT2D eigenvalue weighted by Crippen LogP contribution is 2.29. The van der Waals surface area contributed by atoms with Gasteiger partial charge in [-0.1, -0.05) is 12.1 Å². The molecule has 0 saturated heterocycles. The van der Waals surface area contributed by atoms with Gasteiger partial charge in [0.15, 0.2) is 6.61 Å². The number of aryl methyl sites for hydroxylation is 1. The molecule has 142 valence electrons. The van der Waals surface area contributed by atoms with E-state index in [0.717, 1.165) is 0 Å². The number of nitrogens with one attached hydrogen (secondary N) is 2. The Morgan fingerprint density at radius 3 is 2.93 bits per heavy atom.